The van der Waals surface area contributed by atoms with E-state index in [1.54, 1.807) is 6.33 Å². The van der Waals surface area contributed by atoms with Gasteiger partial charge in [0.25, 0.3) is 0 Å². The molecule has 0 amide bonds. The molecule has 0 saturated carbocycles. The van der Waals surface area contributed by atoms with Crippen molar-refractivity contribution in [2.45, 2.75) is 11.8 Å². The van der Waals surface area contributed by atoms with Crippen LogP contribution in [0, 0.1) is 0 Å². The molecule has 0 fully saturated rings. The highest BCUT2D eigenvalue weighted by atomic mass is 14.9. The van der Waals surface area contributed by atoms with Gasteiger partial charge in [0.1, 0.15) is 6.33 Å². The molecule has 0 saturated heterocycles. The number of hydrogen-bond acceptors (Lipinski definition) is 3. The van der Waals surface area contributed by atoms with E-state index in [0.717, 1.165) is 11.4 Å². The molecule has 3 heteroatoms. The van der Waals surface area contributed by atoms with E-state index in [4.69, 9.17) is 4.98 Å². The van der Waals surface area contributed by atoms with Crippen molar-refractivity contribution in [3.63, 3.8) is 0 Å². The van der Waals surface area contributed by atoms with Crippen LogP contribution >= 0.6 is 0 Å². The van der Waals surface area contributed by atoms with E-state index >= 15 is 0 Å². The quantitative estimate of drug-likeness (QED) is 0.425. The van der Waals surface area contributed by atoms with Crippen LogP contribution in [0.25, 0.3) is 10.8 Å². The molecule has 0 radical (unpaired) electrons. The van der Waals surface area contributed by atoms with Gasteiger partial charge >= 0.3 is 0 Å². The molecule has 3 nitrogen and oxygen atoms in total. The zero-order chi connectivity index (χ0) is 15.7. The van der Waals surface area contributed by atoms with Gasteiger partial charge in [-0.15, -0.1) is 0 Å². The molecule has 0 N–H and O–H groups in total. The number of rotatable bonds is 0. The Kier molecular flexibility index (Phi) is 2.20. The van der Waals surface area contributed by atoms with E-state index in [9.17, 15) is 0 Å². The van der Waals surface area contributed by atoms with Gasteiger partial charge in [0.05, 0.1) is 23.2 Å². The number of pyridine rings is 1. The van der Waals surface area contributed by atoms with Gasteiger partial charge in [-0.25, -0.2) is 9.97 Å². The van der Waals surface area contributed by atoms with Crippen LogP contribution in [0.1, 0.15) is 45.5 Å². The molecule has 2 atom stereocenters. The molecule has 112 valence electrons. The third-order valence-corrected chi connectivity index (χ3v) is 5.39. The van der Waals surface area contributed by atoms with Gasteiger partial charge < -0.3 is 0 Å². The highest BCUT2D eigenvalue weighted by Gasteiger charge is 2.43. The van der Waals surface area contributed by atoms with Crippen molar-refractivity contribution >= 4 is 10.8 Å². The maximum Gasteiger partial charge on any atom is 0.115 e. The molecular weight excluding hydrogens is 294 g/mol. The van der Waals surface area contributed by atoms with Gasteiger partial charge in [-0.2, -0.15) is 0 Å². The summed E-state index contributed by atoms with van der Waals surface area (Å²) in [5.41, 5.74) is 7.51. The third-order valence-electron chi connectivity index (χ3n) is 5.39. The molecule has 2 unspecified atom stereocenters. The maximum absolute atomic E-state index is 4.72. The monoisotopic (exact) mass is 307 g/mol. The second-order valence-electron chi connectivity index (χ2n) is 6.54. The number of benzene rings is 2. The van der Waals surface area contributed by atoms with Crippen LogP contribution in [0.15, 0.2) is 67.3 Å². The van der Waals surface area contributed by atoms with Crippen molar-refractivity contribution in [3.8, 4) is 0 Å². The SMILES string of the molecule is c1cnc2c(c1)C1c3cc4ccccc4cc3C2c2cncnc21. The summed E-state index contributed by atoms with van der Waals surface area (Å²) in [6.07, 6.45) is 5.52. The van der Waals surface area contributed by atoms with Gasteiger partial charge in [-0.1, -0.05) is 30.3 Å². The van der Waals surface area contributed by atoms with Crippen molar-refractivity contribution in [2.75, 3.05) is 0 Å². The average molecular weight is 307 g/mol. The van der Waals surface area contributed by atoms with Gasteiger partial charge in [0.15, 0.2) is 0 Å². The van der Waals surface area contributed by atoms with Crippen LogP contribution in [0.5, 0.6) is 0 Å². The minimum absolute atomic E-state index is 0.141. The Morgan fingerprint density at radius 3 is 2.17 bits per heavy atom. The Morgan fingerprint density at radius 1 is 0.667 bits per heavy atom. The minimum Gasteiger partial charge on any atom is -0.260 e. The first-order valence-electron chi connectivity index (χ1n) is 8.19. The van der Waals surface area contributed by atoms with Crippen LogP contribution in [0.4, 0.5) is 0 Å². The Bertz CT molecular complexity index is 997. The molecule has 2 bridgehead atoms. The van der Waals surface area contributed by atoms with E-state index in [-0.39, 0.29) is 11.8 Å². The highest BCUT2D eigenvalue weighted by molar-refractivity contribution is 5.86. The summed E-state index contributed by atoms with van der Waals surface area (Å²) < 4.78 is 0. The molecule has 7 rings (SSSR count). The second kappa shape index (κ2) is 4.26. The van der Waals surface area contributed by atoms with Gasteiger partial charge in [0.2, 0.25) is 0 Å². The van der Waals surface area contributed by atoms with Gasteiger partial charge in [0, 0.05) is 18.0 Å². The summed E-state index contributed by atoms with van der Waals surface area (Å²) in [6.45, 7) is 0. The smallest absolute Gasteiger partial charge is 0.115 e. The lowest BCUT2D eigenvalue weighted by atomic mass is 9.64. The Labute approximate surface area is 139 Å². The zero-order valence-electron chi connectivity index (χ0n) is 12.8. The summed E-state index contributed by atoms with van der Waals surface area (Å²) in [6, 6.07) is 17.5. The summed E-state index contributed by atoms with van der Waals surface area (Å²) >= 11 is 0. The predicted molar refractivity (Wildman–Crippen MR) is 92.1 cm³/mol. The summed E-state index contributed by atoms with van der Waals surface area (Å²) in [5.74, 6) is 0.304. The first-order chi connectivity index (χ1) is 11.9. The van der Waals surface area contributed by atoms with E-state index in [1.807, 2.05) is 18.5 Å². The number of nitrogens with zero attached hydrogens (tertiary/aromatic N) is 3. The van der Waals surface area contributed by atoms with Crippen molar-refractivity contribution in [2.24, 2.45) is 0 Å². The topological polar surface area (TPSA) is 38.7 Å². The minimum atomic E-state index is 0.141. The first-order valence-corrected chi connectivity index (χ1v) is 8.19. The van der Waals surface area contributed by atoms with Crippen LogP contribution in [-0.4, -0.2) is 15.0 Å². The largest absolute Gasteiger partial charge is 0.260 e. The van der Waals surface area contributed by atoms with Crippen molar-refractivity contribution < 1.29 is 0 Å². The van der Waals surface area contributed by atoms with Crippen LogP contribution in [0.2, 0.25) is 0 Å². The van der Waals surface area contributed by atoms with Gasteiger partial charge in [-0.3, -0.25) is 4.98 Å². The van der Waals surface area contributed by atoms with Crippen LogP contribution in [0.3, 0.4) is 0 Å². The molecule has 0 spiro atoms. The molecule has 0 aliphatic heterocycles. The number of fused-ring (bicyclic) bond motifs is 1. The van der Waals surface area contributed by atoms with Crippen molar-refractivity contribution in [1.82, 2.24) is 15.0 Å². The Morgan fingerprint density at radius 2 is 1.38 bits per heavy atom. The molecule has 3 aliphatic carbocycles. The molecule has 4 aromatic rings. The lowest BCUT2D eigenvalue weighted by Gasteiger charge is -2.40. The average Bonchev–Trinajstić information content (AvgIpc) is 2.66. The van der Waals surface area contributed by atoms with E-state index in [2.05, 4.69) is 52.4 Å². The van der Waals surface area contributed by atoms with E-state index in [1.165, 1.54) is 33.0 Å². The predicted octanol–water partition coefficient (Wildman–Crippen LogP) is 4.01. The van der Waals surface area contributed by atoms with Crippen LogP contribution < -0.4 is 0 Å². The fourth-order valence-electron chi connectivity index (χ4n) is 4.43. The van der Waals surface area contributed by atoms with E-state index < -0.39 is 0 Å². The zero-order valence-corrected chi connectivity index (χ0v) is 12.8. The number of aromatic nitrogens is 3. The molecule has 2 aromatic carbocycles. The lowest BCUT2D eigenvalue weighted by molar-refractivity contribution is 0.698. The molecule has 24 heavy (non-hydrogen) atoms. The number of hydrogen-bond donors (Lipinski definition) is 0. The molecule has 3 aliphatic rings. The Balaban J connectivity index is 1.76. The van der Waals surface area contributed by atoms with Gasteiger partial charge in [-0.05, 0) is 45.7 Å². The standard InChI is InChI=1S/C21H13N3/c1-2-5-13-9-16-15(8-12(13)4-1)18-14-6-3-7-23-20(14)19(16)17-10-22-11-24-21(17)18/h1-11,18-19H. The fraction of sp³-hybridized carbons (Fsp3) is 0.0952. The van der Waals surface area contributed by atoms with Crippen molar-refractivity contribution in [1.29, 1.82) is 0 Å². The summed E-state index contributed by atoms with van der Waals surface area (Å²) in [5, 5.41) is 2.56. The van der Waals surface area contributed by atoms with Crippen LogP contribution in [-0.2, 0) is 0 Å². The van der Waals surface area contributed by atoms with E-state index in [0.29, 0.717) is 0 Å². The molecule has 2 heterocycles. The third kappa shape index (κ3) is 1.40. The first kappa shape index (κ1) is 12.4. The molecule has 2 aromatic heterocycles. The highest BCUT2D eigenvalue weighted by Crippen LogP contribution is 2.54. The fourth-order valence-corrected chi connectivity index (χ4v) is 4.43. The maximum atomic E-state index is 4.72. The molecular formula is C21H13N3. The normalized spacial score (nSPS) is 19.7. The van der Waals surface area contributed by atoms with Crippen molar-refractivity contribution in [3.05, 3.63) is 101 Å². The lowest BCUT2D eigenvalue weighted by Crippen LogP contribution is -2.29. The second-order valence-corrected chi connectivity index (χ2v) is 6.54. The Hall–Kier alpha value is -3.07. The summed E-state index contributed by atoms with van der Waals surface area (Å²) in [4.78, 5) is 13.7. The summed E-state index contributed by atoms with van der Waals surface area (Å²) in [7, 11) is 0.